The molecule has 5 heterocycles. The molecule has 0 unspecified atom stereocenters. The highest BCUT2D eigenvalue weighted by Gasteiger charge is 2.33. The number of hydrogen-bond acceptors (Lipinski definition) is 11. The maximum absolute atomic E-state index is 12.2. The SMILES string of the molecule is O=[N+]([O-])c1c(N2CCN(Cc3ccc4c(c3)OCO4)CC2)ncnc1N1CCN(c2ccccn2)CC1. The topological polar surface area (TPSA) is 113 Å². The van der Waals surface area contributed by atoms with Gasteiger partial charge >= 0.3 is 5.69 Å². The predicted octanol–water partition coefficient (Wildman–Crippen LogP) is 2.16. The first-order chi connectivity index (χ1) is 18.2. The Morgan fingerprint density at radius 3 is 2.16 bits per heavy atom. The molecule has 0 N–H and O–H groups in total. The molecule has 0 saturated carbocycles. The van der Waals surface area contributed by atoms with E-state index in [2.05, 4.69) is 30.8 Å². The first-order valence-electron chi connectivity index (χ1n) is 12.4. The number of ether oxygens (including phenoxy) is 2. The molecule has 2 saturated heterocycles. The fourth-order valence-corrected chi connectivity index (χ4v) is 5.09. The van der Waals surface area contributed by atoms with Gasteiger partial charge in [0.25, 0.3) is 0 Å². The standard InChI is InChI=1S/C25H28N8O4/c34-33(35)23-24(27-17-28-25(23)32-13-11-30(12-14-32)22-3-1-2-6-26-22)31-9-7-29(8-10-31)16-19-4-5-20-21(15-19)37-18-36-20/h1-6,15,17H,7-14,16,18H2. The van der Waals surface area contributed by atoms with Crippen LogP contribution >= 0.6 is 0 Å². The van der Waals surface area contributed by atoms with Gasteiger partial charge in [0.05, 0.1) is 4.92 Å². The Bertz CT molecular complexity index is 1260. The van der Waals surface area contributed by atoms with Gasteiger partial charge in [-0.15, -0.1) is 0 Å². The van der Waals surface area contributed by atoms with E-state index in [-0.39, 0.29) is 17.4 Å². The summed E-state index contributed by atoms with van der Waals surface area (Å²) in [6, 6.07) is 11.8. The lowest BCUT2D eigenvalue weighted by Crippen LogP contribution is -2.48. The third-order valence-electron chi connectivity index (χ3n) is 7.03. The summed E-state index contributed by atoms with van der Waals surface area (Å²) in [5.41, 5.74) is 1.14. The number of aromatic nitrogens is 3. The van der Waals surface area contributed by atoms with Crippen LogP contribution in [0.3, 0.4) is 0 Å². The molecule has 0 spiro atoms. The first-order valence-corrected chi connectivity index (χ1v) is 12.4. The van der Waals surface area contributed by atoms with E-state index in [1.54, 1.807) is 6.20 Å². The van der Waals surface area contributed by atoms with E-state index < -0.39 is 0 Å². The number of fused-ring (bicyclic) bond motifs is 1. The number of hydrogen-bond donors (Lipinski definition) is 0. The van der Waals surface area contributed by atoms with E-state index >= 15 is 0 Å². The van der Waals surface area contributed by atoms with Crippen molar-refractivity contribution >= 4 is 23.1 Å². The monoisotopic (exact) mass is 504 g/mol. The summed E-state index contributed by atoms with van der Waals surface area (Å²) >= 11 is 0. The van der Waals surface area contributed by atoms with Crippen molar-refractivity contribution in [2.45, 2.75) is 6.54 Å². The van der Waals surface area contributed by atoms with Crippen LogP contribution in [0.2, 0.25) is 0 Å². The minimum Gasteiger partial charge on any atom is -0.454 e. The highest BCUT2D eigenvalue weighted by atomic mass is 16.7. The second-order valence-electron chi connectivity index (χ2n) is 9.24. The van der Waals surface area contributed by atoms with Crippen LogP contribution in [-0.4, -0.2) is 83.9 Å². The molecule has 3 aliphatic heterocycles. The number of nitro groups is 1. The molecule has 0 bridgehead atoms. The Morgan fingerprint density at radius 1 is 0.811 bits per heavy atom. The van der Waals surface area contributed by atoms with Crippen molar-refractivity contribution in [2.75, 3.05) is 73.9 Å². The van der Waals surface area contributed by atoms with E-state index in [0.717, 1.165) is 42.5 Å². The Hall–Kier alpha value is -4.19. The van der Waals surface area contributed by atoms with Crippen molar-refractivity contribution in [3.05, 3.63) is 64.6 Å². The normalized spacial score (nSPS) is 17.8. The van der Waals surface area contributed by atoms with Gasteiger partial charge in [-0.1, -0.05) is 12.1 Å². The van der Waals surface area contributed by atoms with Gasteiger partial charge < -0.3 is 24.2 Å². The summed E-state index contributed by atoms with van der Waals surface area (Å²) in [7, 11) is 0. The Kier molecular flexibility index (Phi) is 6.31. The summed E-state index contributed by atoms with van der Waals surface area (Å²) in [6.45, 7) is 6.55. The van der Waals surface area contributed by atoms with Gasteiger partial charge in [0.15, 0.2) is 11.5 Å². The molecule has 192 valence electrons. The van der Waals surface area contributed by atoms with Gasteiger partial charge in [-0.05, 0) is 29.8 Å². The third kappa shape index (κ3) is 4.79. The summed E-state index contributed by atoms with van der Waals surface area (Å²) in [4.78, 5) is 33.5. The van der Waals surface area contributed by atoms with Crippen LogP contribution in [0.1, 0.15) is 5.56 Å². The van der Waals surface area contributed by atoms with Crippen molar-refractivity contribution in [2.24, 2.45) is 0 Å². The van der Waals surface area contributed by atoms with Gasteiger partial charge in [-0.25, -0.2) is 15.0 Å². The molecule has 0 amide bonds. The van der Waals surface area contributed by atoms with Crippen molar-refractivity contribution in [3.8, 4) is 11.5 Å². The largest absolute Gasteiger partial charge is 0.454 e. The van der Waals surface area contributed by atoms with Crippen LogP contribution in [0.5, 0.6) is 11.5 Å². The van der Waals surface area contributed by atoms with Gasteiger partial charge in [0.1, 0.15) is 12.1 Å². The zero-order valence-corrected chi connectivity index (χ0v) is 20.4. The lowest BCUT2D eigenvalue weighted by atomic mass is 10.1. The van der Waals surface area contributed by atoms with E-state index in [1.165, 1.54) is 6.33 Å². The molecule has 12 heteroatoms. The lowest BCUT2D eigenvalue weighted by Gasteiger charge is -2.37. The van der Waals surface area contributed by atoms with Gasteiger partial charge in [0.2, 0.25) is 18.4 Å². The fourth-order valence-electron chi connectivity index (χ4n) is 5.09. The smallest absolute Gasteiger partial charge is 0.353 e. The molecule has 0 aliphatic carbocycles. The number of nitrogens with zero attached hydrogens (tertiary/aromatic N) is 8. The highest BCUT2D eigenvalue weighted by molar-refractivity contribution is 5.71. The van der Waals surface area contributed by atoms with Crippen molar-refractivity contribution < 1.29 is 14.4 Å². The van der Waals surface area contributed by atoms with Crippen LogP contribution in [0, 0.1) is 10.1 Å². The average Bonchev–Trinajstić information content (AvgIpc) is 3.42. The van der Waals surface area contributed by atoms with Crippen LogP contribution in [0.15, 0.2) is 48.9 Å². The van der Waals surface area contributed by atoms with Gasteiger partial charge in [0, 0.05) is 65.1 Å². The van der Waals surface area contributed by atoms with Crippen LogP contribution < -0.4 is 24.2 Å². The van der Waals surface area contributed by atoms with Crippen LogP contribution in [0.25, 0.3) is 0 Å². The van der Waals surface area contributed by atoms with E-state index in [9.17, 15) is 10.1 Å². The van der Waals surface area contributed by atoms with Gasteiger partial charge in [-0.3, -0.25) is 15.0 Å². The van der Waals surface area contributed by atoms with Crippen molar-refractivity contribution in [1.82, 2.24) is 19.9 Å². The van der Waals surface area contributed by atoms with Crippen LogP contribution in [-0.2, 0) is 6.54 Å². The van der Waals surface area contributed by atoms with Gasteiger partial charge in [-0.2, -0.15) is 0 Å². The number of piperazine rings is 2. The zero-order valence-electron chi connectivity index (χ0n) is 20.4. The lowest BCUT2D eigenvalue weighted by molar-refractivity contribution is -0.383. The molecule has 2 aromatic heterocycles. The van der Waals surface area contributed by atoms with Crippen molar-refractivity contribution in [3.63, 3.8) is 0 Å². The minimum absolute atomic E-state index is 0.0157. The summed E-state index contributed by atoms with van der Waals surface area (Å²) < 4.78 is 10.9. The maximum Gasteiger partial charge on any atom is 0.353 e. The Morgan fingerprint density at radius 2 is 1.49 bits per heavy atom. The molecule has 37 heavy (non-hydrogen) atoms. The van der Waals surface area contributed by atoms with Crippen LogP contribution in [0.4, 0.5) is 23.1 Å². The van der Waals surface area contributed by atoms with E-state index in [0.29, 0.717) is 50.9 Å². The second kappa shape index (κ2) is 10.1. The average molecular weight is 505 g/mol. The summed E-state index contributed by atoms with van der Waals surface area (Å²) in [5.74, 6) is 3.25. The predicted molar refractivity (Wildman–Crippen MR) is 137 cm³/mol. The van der Waals surface area contributed by atoms with Crippen molar-refractivity contribution in [1.29, 1.82) is 0 Å². The Balaban J connectivity index is 1.13. The number of anilines is 3. The molecule has 0 radical (unpaired) electrons. The molecular formula is C25H28N8O4. The molecule has 3 aliphatic rings. The maximum atomic E-state index is 12.2. The summed E-state index contributed by atoms with van der Waals surface area (Å²) in [5, 5.41) is 12.2. The molecule has 6 rings (SSSR count). The number of pyridine rings is 1. The first kappa shape index (κ1) is 23.2. The Labute approximate surface area is 214 Å². The zero-order chi connectivity index (χ0) is 25.2. The van der Waals surface area contributed by atoms with E-state index in [1.807, 2.05) is 40.1 Å². The summed E-state index contributed by atoms with van der Waals surface area (Å²) in [6.07, 6.45) is 3.22. The molecule has 12 nitrogen and oxygen atoms in total. The quantitative estimate of drug-likeness (QED) is 0.363. The minimum atomic E-state index is -0.339. The van der Waals surface area contributed by atoms with E-state index in [4.69, 9.17) is 9.47 Å². The number of rotatable bonds is 6. The number of benzene rings is 1. The second-order valence-corrected chi connectivity index (χ2v) is 9.24. The molecule has 3 aromatic rings. The fraction of sp³-hybridized carbons (Fsp3) is 0.400. The molecule has 0 atom stereocenters. The highest BCUT2D eigenvalue weighted by Crippen LogP contribution is 2.36. The molecular weight excluding hydrogens is 476 g/mol. The molecule has 1 aromatic carbocycles. The third-order valence-corrected chi connectivity index (χ3v) is 7.03. The molecule has 2 fully saturated rings.